The Morgan fingerprint density at radius 3 is 2.87 bits per heavy atom. The Kier molecular flexibility index (Phi) is 4.39. The molecule has 2 aromatic heterocycles. The highest BCUT2D eigenvalue weighted by Crippen LogP contribution is 2.26. The molecule has 5 rings (SSSR count). The number of hydrogen-bond acceptors (Lipinski definition) is 5. The number of carbonyl (C=O) groups excluding carboxylic acids is 1. The Morgan fingerprint density at radius 1 is 1.13 bits per heavy atom. The fraction of sp³-hybridized carbons (Fsp3) is 0.227. The largest absolute Gasteiger partial charge is 0.311 e. The Bertz CT molecular complexity index is 1320. The van der Waals surface area contributed by atoms with Crippen LogP contribution in [0.1, 0.15) is 17.5 Å². The maximum Gasteiger partial charge on any atom is 0.284 e. The van der Waals surface area contributed by atoms with Crippen molar-refractivity contribution in [3.05, 3.63) is 76.3 Å². The average Bonchev–Trinajstić information content (AvgIpc) is 3.20. The van der Waals surface area contributed by atoms with Gasteiger partial charge >= 0.3 is 0 Å². The molecule has 0 saturated carbocycles. The molecule has 8 nitrogen and oxygen atoms in total. The van der Waals surface area contributed by atoms with Crippen LogP contribution in [0.15, 0.2) is 59.7 Å². The van der Waals surface area contributed by atoms with Gasteiger partial charge in [0.25, 0.3) is 5.56 Å². The number of fused-ring (bicyclic) bond motifs is 2. The molecule has 0 bridgehead atoms. The van der Waals surface area contributed by atoms with E-state index in [-0.39, 0.29) is 23.5 Å². The van der Waals surface area contributed by atoms with E-state index in [1.54, 1.807) is 4.90 Å². The summed E-state index contributed by atoms with van der Waals surface area (Å²) in [4.78, 5) is 32.0. The van der Waals surface area contributed by atoms with Gasteiger partial charge in [0.05, 0.1) is 5.69 Å². The molecule has 0 saturated heterocycles. The molecule has 0 radical (unpaired) electrons. The summed E-state index contributed by atoms with van der Waals surface area (Å²) < 4.78 is 2.84. The summed E-state index contributed by atoms with van der Waals surface area (Å²) in [5, 5.41) is 8.14. The number of rotatable bonds is 3. The third kappa shape index (κ3) is 3.06. The molecule has 0 N–H and O–H groups in total. The molecule has 3 heterocycles. The summed E-state index contributed by atoms with van der Waals surface area (Å²) >= 11 is 0. The van der Waals surface area contributed by atoms with Crippen molar-refractivity contribution in [2.45, 2.75) is 26.3 Å². The van der Waals surface area contributed by atoms with Crippen LogP contribution >= 0.6 is 0 Å². The second kappa shape index (κ2) is 7.22. The third-order valence-corrected chi connectivity index (χ3v) is 5.39. The number of para-hydroxylation sites is 1. The van der Waals surface area contributed by atoms with Gasteiger partial charge in [-0.1, -0.05) is 35.5 Å². The normalized spacial score (nSPS) is 13.4. The molecular formula is C22H20N6O2. The molecule has 30 heavy (non-hydrogen) atoms. The van der Waals surface area contributed by atoms with Crippen molar-refractivity contribution in [3.63, 3.8) is 0 Å². The first-order chi connectivity index (χ1) is 14.6. The van der Waals surface area contributed by atoms with E-state index in [1.807, 2.05) is 55.5 Å². The summed E-state index contributed by atoms with van der Waals surface area (Å²) in [6, 6.07) is 15.6. The van der Waals surface area contributed by atoms with Gasteiger partial charge in [0.1, 0.15) is 12.9 Å². The SMILES string of the molecule is Cc1cccc(-n2nnc3c(=O)n(CC(=O)N4CCCc5ccccc54)cnc32)c1. The standard InChI is InChI=1S/C22H20N6O2/c1-15-6-4-9-17(12-15)28-21-20(24-25-28)22(30)26(14-23-21)13-19(29)27-11-5-8-16-7-2-3-10-18(16)27/h2-4,6-7,9-10,12,14H,5,8,11,13H2,1H3. The van der Waals surface area contributed by atoms with Crippen molar-refractivity contribution < 1.29 is 4.79 Å². The Morgan fingerprint density at radius 2 is 2.00 bits per heavy atom. The second-order valence-electron chi connectivity index (χ2n) is 7.47. The van der Waals surface area contributed by atoms with Crippen molar-refractivity contribution in [2.75, 3.05) is 11.4 Å². The molecule has 8 heteroatoms. The molecule has 0 atom stereocenters. The zero-order valence-electron chi connectivity index (χ0n) is 16.5. The van der Waals surface area contributed by atoms with Crippen LogP contribution in [0.2, 0.25) is 0 Å². The van der Waals surface area contributed by atoms with Crippen LogP contribution in [-0.2, 0) is 17.8 Å². The van der Waals surface area contributed by atoms with Crippen LogP contribution in [0, 0.1) is 6.92 Å². The number of aromatic nitrogens is 5. The summed E-state index contributed by atoms with van der Waals surface area (Å²) in [5.41, 5.74) is 4.06. The van der Waals surface area contributed by atoms with Crippen molar-refractivity contribution in [1.82, 2.24) is 24.5 Å². The predicted octanol–water partition coefficient (Wildman–Crippen LogP) is 2.27. The lowest BCUT2D eigenvalue weighted by Gasteiger charge is -2.29. The minimum atomic E-state index is -0.377. The van der Waals surface area contributed by atoms with E-state index in [2.05, 4.69) is 15.3 Å². The lowest BCUT2D eigenvalue weighted by Crippen LogP contribution is -2.39. The molecule has 150 valence electrons. The van der Waals surface area contributed by atoms with E-state index < -0.39 is 0 Å². The van der Waals surface area contributed by atoms with Gasteiger partial charge in [-0.2, -0.15) is 4.68 Å². The number of benzene rings is 2. The molecule has 1 aliphatic rings. The smallest absolute Gasteiger partial charge is 0.284 e. The van der Waals surface area contributed by atoms with Gasteiger partial charge < -0.3 is 4.90 Å². The maximum absolute atomic E-state index is 13.0. The zero-order valence-corrected chi connectivity index (χ0v) is 16.5. The highest BCUT2D eigenvalue weighted by molar-refractivity contribution is 5.94. The number of aryl methyl sites for hydroxylation is 2. The quantitative estimate of drug-likeness (QED) is 0.527. The lowest BCUT2D eigenvalue weighted by atomic mass is 10.0. The van der Waals surface area contributed by atoms with Gasteiger partial charge in [0.2, 0.25) is 5.91 Å². The topological polar surface area (TPSA) is 85.9 Å². The molecule has 0 spiro atoms. The molecule has 0 aliphatic carbocycles. The van der Waals surface area contributed by atoms with Gasteiger partial charge in [-0.05, 0) is 49.1 Å². The van der Waals surface area contributed by atoms with Crippen LogP contribution in [0.25, 0.3) is 16.9 Å². The van der Waals surface area contributed by atoms with E-state index in [0.29, 0.717) is 12.2 Å². The number of amides is 1. The third-order valence-electron chi connectivity index (χ3n) is 5.39. The number of anilines is 1. The van der Waals surface area contributed by atoms with Gasteiger partial charge in [-0.15, -0.1) is 5.10 Å². The van der Waals surface area contributed by atoms with Crippen molar-refractivity contribution in [1.29, 1.82) is 0 Å². The van der Waals surface area contributed by atoms with Crippen LogP contribution in [0.5, 0.6) is 0 Å². The highest BCUT2D eigenvalue weighted by Gasteiger charge is 2.23. The van der Waals surface area contributed by atoms with Gasteiger partial charge in [0.15, 0.2) is 11.2 Å². The Labute approximate surface area is 172 Å². The molecule has 0 fully saturated rings. The fourth-order valence-electron chi connectivity index (χ4n) is 3.91. The average molecular weight is 400 g/mol. The van der Waals surface area contributed by atoms with E-state index in [9.17, 15) is 9.59 Å². The first-order valence-corrected chi connectivity index (χ1v) is 9.88. The van der Waals surface area contributed by atoms with E-state index in [4.69, 9.17) is 0 Å². The molecule has 1 amide bonds. The number of hydrogen-bond donors (Lipinski definition) is 0. The first-order valence-electron chi connectivity index (χ1n) is 9.88. The van der Waals surface area contributed by atoms with Crippen LogP contribution < -0.4 is 10.5 Å². The molecule has 0 unspecified atom stereocenters. The van der Waals surface area contributed by atoms with E-state index in [0.717, 1.165) is 35.3 Å². The summed E-state index contributed by atoms with van der Waals surface area (Å²) in [5.74, 6) is -0.142. The maximum atomic E-state index is 13.0. The molecular weight excluding hydrogens is 380 g/mol. The first kappa shape index (κ1) is 18.2. The number of nitrogens with zero attached hydrogens (tertiary/aromatic N) is 6. The van der Waals surface area contributed by atoms with E-state index >= 15 is 0 Å². The molecule has 1 aliphatic heterocycles. The van der Waals surface area contributed by atoms with Crippen LogP contribution in [0.4, 0.5) is 5.69 Å². The van der Waals surface area contributed by atoms with Crippen molar-refractivity contribution >= 4 is 22.8 Å². The summed E-state index contributed by atoms with van der Waals surface area (Å²) in [6.07, 6.45) is 3.25. The Hall–Kier alpha value is -3.81. The Balaban J connectivity index is 1.47. The highest BCUT2D eigenvalue weighted by atomic mass is 16.2. The van der Waals surface area contributed by atoms with E-state index in [1.165, 1.54) is 15.6 Å². The summed E-state index contributed by atoms with van der Waals surface area (Å²) in [6.45, 7) is 2.53. The van der Waals surface area contributed by atoms with Crippen LogP contribution in [-0.4, -0.2) is 37.0 Å². The van der Waals surface area contributed by atoms with Crippen molar-refractivity contribution in [2.24, 2.45) is 0 Å². The zero-order chi connectivity index (χ0) is 20.7. The monoisotopic (exact) mass is 400 g/mol. The number of carbonyl (C=O) groups is 1. The molecule has 4 aromatic rings. The van der Waals surface area contributed by atoms with Gasteiger partial charge in [-0.3, -0.25) is 14.2 Å². The lowest BCUT2D eigenvalue weighted by molar-refractivity contribution is -0.119. The summed E-state index contributed by atoms with van der Waals surface area (Å²) in [7, 11) is 0. The van der Waals surface area contributed by atoms with Gasteiger partial charge in [-0.25, -0.2) is 4.98 Å². The predicted molar refractivity (Wildman–Crippen MR) is 113 cm³/mol. The fourth-order valence-corrected chi connectivity index (χ4v) is 3.91. The minimum absolute atomic E-state index is 0.0899. The minimum Gasteiger partial charge on any atom is -0.311 e. The van der Waals surface area contributed by atoms with Crippen LogP contribution in [0.3, 0.4) is 0 Å². The van der Waals surface area contributed by atoms with Crippen molar-refractivity contribution in [3.8, 4) is 5.69 Å². The van der Waals surface area contributed by atoms with Gasteiger partial charge in [0, 0.05) is 12.2 Å². The molecule has 2 aromatic carbocycles. The second-order valence-corrected chi connectivity index (χ2v) is 7.47.